The van der Waals surface area contributed by atoms with Crippen LogP contribution in [0.15, 0.2) is 121 Å². The first kappa shape index (κ1) is 25.4. The van der Waals surface area contributed by atoms with Crippen LogP contribution >= 0.6 is 0 Å². The van der Waals surface area contributed by atoms with Gasteiger partial charge in [-0.15, -0.1) is 0 Å². The minimum Gasteiger partial charge on any atom is -0.368 e. The summed E-state index contributed by atoms with van der Waals surface area (Å²) in [5, 5.41) is 0. The highest BCUT2D eigenvalue weighted by Crippen LogP contribution is 2.43. The molecule has 0 aliphatic carbocycles. The minimum absolute atomic E-state index is 0.160. The predicted octanol–water partition coefficient (Wildman–Crippen LogP) is 6.94. The molecule has 4 aromatic carbocycles. The number of benzene rings is 4. The zero-order chi connectivity index (χ0) is 25.5. The molecule has 0 radical (unpaired) electrons. The van der Waals surface area contributed by atoms with Gasteiger partial charge in [-0.1, -0.05) is 128 Å². The van der Waals surface area contributed by atoms with Crippen LogP contribution in [0.4, 0.5) is 0 Å². The van der Waals surface area contributed by atoms with Gasteiger partial charge in [-0.3, -0.25) is 0 Å². The third-order valence-electron chi connectivity index (χ3n) is 7.05. The lowest BCUT2D eigenvalue weighted by Crippen LogP contribution is -2.50. The lowest BCUT2D eigenvalue weighted by Gasteiger charge is -2.44. The average Bonchev–Trinajstić information content (AvgIpc) is 2.97. The summed E-state index contributed by atoms with van der Waals surface area (Å²) in [6.07, 6.45) is -0.577. The molecule has 190 valence electrons. The molecule has 0 aromatic heterocycles. The van der Waals surface area contributed by atoms with Gasteiger partial charge >= 0.3 is 0 Å². The zero-order valence-corrected chi connectivity index (χ0v) is 21.4. The molecule has 1 fully saturated rings. The molecule has 0 N–H and O–H groups in total. The van der Waals surface area contributed by atoms with Gasteiger partial charge in [-0.05, 0) is 28.2 Å². The van der Waals surface area contributed by atoms with Gasteiger partial charge < -0.3 is 18.9 Å². The van der Waals surface area contributed by atoms with Crippen molar-refractivity contribution in [3.8, 4) is 0 Å². The summed E-state index contributed by atoms with van der Waals surface area (Å²) in [7, 11) is 1.66. The molecule has 4 heteroatoms. The lowest BCUT2D eigenvalue weighted by molar-refractivity contribution is -0.326. The molecule has 4 aromatic rings. The van der Waals surface area contributed by atoms with Crippen LogP contribution in [0.1, 0.15) is 35.6 Å². The topological polar surface area (TPSA) is 36.9 Å². The Bertz CT molecular complexity index is 1120. The molecule has 1 aliphatic heterocycles. The van der Waals surface area contributed by atoms with Crippen molar-refractivity contribution in [1.29, 1.82) is 0 Å². The number of methoxy groups -OCH3 is 1. The summed E-state index contributed by atoms with van der Waals surface area (Å²) in [6.45, 7) is 2.68. The number of hydrogen-bond acceptors (Lipinski definition) is 4. The summed E-state index contributed by atoms with van der Waals surface area (Å²) in [6, 6.07) is 41.3. The molecular weight excluding hydrogens is 460 g/mol. The largest absolute Gasteiger partial charge is 0.368 e. The van der Waals surface area contributed by atoms with E-state index in [0.29, 0.717) is 13.0 Å². The molecule has 1 heterocycles. The van der Waals surface area contributed by atoms with Crippen molar-refractivity contribution in [1.82, 2.24) is 0 Å². The van der Waals surface area contributed by atoms with Gasteiger partial charge in [0, 0.05) is 13.5 Å². The van der Waals surface area contributed by atoms with E-state index >= 15 is 0 Å². The van der Waals surface area contributed by atoms with Crippen molar-refractivity contribution in [2.24, 2.45) is 5.92 Å². The van der Waals surface area contributed by atoms with Crippen molar-refractivity contribution in [2.75, 3.05) is 7.11 Å². The van der Waals surface area contributed by atoms with Crippen LogP contribution in [0.2, 0.25) is 0 Å². The number of hydrogen-bond donors (Lipinski definition) is 0. The van der Waals surface area contributed by atoms with Crippen LogP contribution in [0.5, 0.6) is 0 Å². The van der Waals surface area contributed by atoms with Gasteiger partial charge in [0.1, 0.15) is 11.7 Å². The summed E-state index contributed by atoms with van der Waals surface area (Å²) in [5.41, 5.74) is 3.39. The van der Waals surface area contributed by atoms with E-state index in [9.17, 15) is 0 Å². The molecule has 1 saturated heterocycles. The Morgan fingerprint density at radius 2 is 1.16 bits per heavy atom. The predicted molar refractivity (Wildman–Crippen MR) is 145 cm³/mol. The third-order valence-corrected chi connectivity index (χ3v) is 7.05. The van der Waals surface area contributed by atoms with E-state index in [2.05, 4.69) is 91.9 Å². The SMILES string of the molecule is CO[C@H]1O[C@H](OC(c2ccccc2)(c2ccccc2)c2ccccc2)C[C@H](C)[C@H]1OCc1ccccc1. The van der Waals surface area contributed by atoms with Crippen LogP contribution in [-0.2, 0) is 31.2 Å². The van der Waals surface area contributed by atoms with E-state index in [1.54, 1.807) is 7.11 Å². The first-order valence-electron chi connectivity index (χ1n) is 12.9. The van der Waals surface area contributed by atoms with Crippen LogP contribution in [-0.4, -0.2) is 25.8 Å². The Kier molecular flexibility index (Phi) is 8.12. The van der Waals surface area contributed by atoms with Crippen molar-refractivity contribution in [2.45, 2.75) is 44.2 Å². The van der Waals surface area contributed by atoms with Crippen molar-refractivity contribution in [3.63, 3.8) is 0 Å². The molecule has 0 spiro atoms. The maximum atomic E-state index is 7.09. The first-order valence-corrected chi connectivity index (χ1v) is 12.9. The number of rotatable bonds is 9. The first-order chi connectivity index (χ1) is 18.2. The molecule has 37 heavy (non-hydrogen) atoms. The van der Waals surface area contributed by atoms with Gasteiger partial charge in [0.2, 0.25) is 0 Å². The Morgan fingerprint density at radius 3 is 1.62 bits per heavy atom. The highest BCUT2D eigenvalue weighted by atomic mass is 16.8. The van der Waals surface area contributed by atoms with Gasteiger partial charge in [0.15, 0.2) is 12.6 Å². The van der Waals surface area contributed by atoms with Gasteiger partial charge in [-0.25, -0.2) is 0 Å². The summed E-state index contributed by atoms with van der Waals surface area (Å²) >= 11 is 0. The van der Waals surface area contributed by atoms with E-state index in [4.69, 9.17) is 18.9 Å². The highest BCUT2D eigenvalue weighted by molar-refractivity contribution is 5.47. The molecule has 4 atom stereocenters. The fourth-order valence-corrected chi connectivity index (χ4v) is 5.18. The van der Waals surface area contributed by atoms with Crippen LogP contribution in [0.25, 0.3) is 0 Å². The summed E-state index contributed by atoms with van der Waals surface area (Å²) in [4.78, 5) is 0. The van der Waals surface area contributed by atoms with Crippen molar-refractivity contribution >= 4 is 0 Å². The smallest absolute Gasteiger partial charge is 0.186 e. The summed E-state index contributed by atoms with van der Waals surface area (Å²) < 4.78 is 25.7. The second-order valence-corrected chi connectivity index (χ2v) is 9.54. The molecule has 1 aliphatic rings. The normalized spacial score (nSPS) is 22.0. The third kappa shape index (κ3) is 5.53. The second kappa shape index (κ2) is 11.8. The summed E-state index contributed by atoms with van der Waals surface area (Å²) in [5.74, 6) is 0.160. The Hall–Kier alpha value is -3.28. The monoisotopic (exact) mass is 494 g/mol. The lowest BCUT2D eigenvalue weighted by atomic mass is 9.80. The average molecular weight is 495 g/mol. The minimum atomic E-state index is -0.857. The standard InChI is InChI=1S/C33H34O4/c1-25-23-30(36-32(34-2)31(25)35-24-26-15-7-3-8-16-26)37-33(27-17-9-4-10-18-27,28-19-11-5-12-20-28)29-21-13-6-14-22-29/h3-22,25,30-32H,23-24H2,1-2H3/t25-,30+,31+,32-/m0/s1. The molecular formula is C33H34O4. The molecule has 0 unspecified atom stereocenters. The molecule has 0 bridgehead atoms. The molecule has 4 nitrogen and oxygen atoms in total. The number of ether oxygens (including phenoxy) is 4. The van der Waals surface area contributed by atoms with Crippen molar-refractivity contribution < 1.29 is 18.9 Å². The molecule has 5 rings (SSSR count). The van der Waals surface area contributed by atoms with Gasteiger partial charge in [0.25, 0.3) is 0 Å². The molecule has 0 amide bonds. The van der Waals surface area contributed by atoms with E-state index in [1.807, 2.05) is 36.4 Å². The fraction of sp³-hybridized carbons (Fsp3) is 0.273. The van der Waals surface area contributed by atoms with Crippen LogP contribution in [0.3, 0.4) is 0 Å². The van der Waals surface area contributed by atoms with Gasteiger partial charge in [0.05, 0.1) is 6.61 Å². The Morgan fingerprint density at radius 1 is 0.703 bits per heavy atom. The van der Waals surface area contributed by atoms with Crippen molar-refractivity contribution in [3.05, 3.63) is 144 Å². The van der Waals surface area contributed by atoms with E-state index in [-0.39, 0.29) is 12.0 Å². The Balaban J connectivity index is 1.47. The second-order valence-electron chi connectivity index (χ2n) is 9.54. The fourth-order valence-electron chi connectivity index (χ4n) is 5.18. The van der Waals surface area contributed by atoms with Gasteiger partial charge in [-0.2, -0.15) is 0 Å². The quantitative estimate of drug-likeness (QED) is 0.236. The maximum absolute atomic E-state index is 7.09. The Labute approximate surface area is 219 Å². The van der Waals surface area contributed by atoms with Crippen LogP contribution in [0, 0.1) is 5.92 Å². The van der Waals surface area contributed by atoms with Crippen LogP contribution < -0.4 is 0 Å². The highest BCUT2D eigenvalue weighted by Gasteiger charge is 2.45. The zero-order valence-electron chi connectivity index (χ0n) is 21.4. The maximum Gasteiger partial charge on any atom is 0.186 e. The molecule has 0 saturated carbocycles. The van der Waals surface area contributed by atoms with E-state index in [1.165, 1.54) is 0 Å². The van der Waals surface area contributed by atoms with E-state index < -0.39 is 18.2 Å². The van der Waals surface area contributed by atoms with E-state index in [0.717, 1.165) is 22.3 Å².